The van der Waals surface area contributed by atoms with Crippen LogP contribution in [0.15, 0.2) is 0 Å². The summed E-state index contributed by atoms with van der Waals surface area (Å²) in [5.41, 5.74) is -1.31. The number of hydrogen-bond donors (Lipinski definition) is 3. The number of aliphatic carboxylic acids is 1. The highest BCUT2D eigenvalue weighted by Crippen LogP contribution is 2.72. The SMILES string of the molecule is C[C@]12CCC[C@@](C)(C(=O)O)[C@@H]1CC[C@@]13C[C@@H](CC[C@H]12)[C@@](O)(CO)C3. The van der Waals surface area contributed by atoms with E-state index in [4.69, 9.17) is 0 Å². The van der Waals surface area contributed by atoms with Crippen LogP contribution in [-0.2, 0) is 4.79 Å². The van der Waals surface area contributed by atoms with E-state index in [1.807, 2.05) is 6.92 Å². The molecule has 0 amide bonds. The zero-order valence-electron chi connectivity index (χ0n) is 15.1. The predicted octanol–water partition coefficient (Wildman–Crippen LogP) is 3.21. The molecule has 3 N–H and O–H groups in total. The largest absolute Gasteiger partial charge is 0.481 e. The molecule has 4 rings (SSSR count). The lowest BCUT2D eigenvalue weighted by Gasteiger charge is -2.63. The van der Waals surface area contributed by atoms with Crippen LogP contribution < -0.4 is 0 Å². The lowest BCUT2D eigenvalue weighted by molar-refractivity contribution is -0.181. The number of carbonyl (C=O) groups is 1. The van der Waals surface area contributed by atoms with E-state index < -0.39 is 17.0 Å². The summed E-state index contributed by atoms with van der Waals surface area (Å²) in [6.45, 7) is 4.19. The summed E-state index contributed by atoms with van der Waals surface area (Å²) in [6.07, 6.45) is 8.73. The van der Waals surface area contributed by atoms with Crippen LogP contribution in [0.5, 0.6) is 0 Å². The Morgan fingerprint density at radius 1 is 1.08 bits per heavy atom. The number of aliphatic hydroxyl groups excluding tert-OH is 1. The fourth-order valence-electron chi connectivity index (χ4n) is 8.06. The predicted molar refractivity (Wildman–Crippen MR) is 90.3 cm³/mol. The zero-order chi connectivity index (χ0) is 17.4. The van der Waals surface area contributed by atoms with Gasteiger partial charge in [-0.1, -0.05) is 13.3 Å². The van der Waals surface area contributed by atoms with Crippen molar-refractivity contribution in [2.45, 2.75) is 77.2 Å². The number of hydrogen-bond acceptors (Lipinski definition) is 3. The Hall–Kier alpha value is -0.610. The van der Waals surface area contributed by atoms with Gasteiger partial charge in [-0.25, -0.2) is 0 Å². The molecule has 136 valence electrons. The minimum atomic E-state index is -0.900. The van der Waals surface area contributed by atoms with Gasteiger partial charge in [0.1, 0.15) is 0 Å². The van der Waals surface area contributed by atoms with Crippen molar-refractivity contribution < 1.29 is 20.1 Å². The molecule has 0 unspecified atom stereocenters. The molecule has 1 spiro atoms. The third-order valence-electron chi connectivity index (χ3n) is 9.08. The van der Waals surface area contributed by atoms with E-state index in [0.29, 0.717) is 5.92 Å². The number of rotatable bonds is 2. The lowest BCUT2D eigenvalue weighted by Crippen LogP contribution is -2.58. The van der Waals surface area contributed by atoms with E-state index in [1.165, 1.54) is 0 Å². The molecule has 0 heterocycles. The minimum absolute atomic E-state index is 0.0648. The van der Waals surface area contributed by atoms with Gasteiger partial charge in [-0.3, -0.25) is 4.79 Å². The molecule has 4 nitrogen and oxygen atoms in total. The molecule has 4 saturated carbocycles. The maximum Gasteiger partial charge on any atom is 0.309 e. The van der Waals surface area contributed by atoms with Crippen LogP contribution in [0.2, 0.25) is 0 Å². The number of fused-ring (bicyclic) bond motifs is 3. The third kappa shape index (κ3) is 1.90. The second-order valence-corrected chi connectivity index (χ2v) is 10.0. The molecular weight excluding hydrogens is 304 g/mol. The van der Waals surface area contributed by atoms with Crippen molar-refractivity contribution in [3.63, 3.8) is 0 Å². The van der Waals surface area contributed by atoms with Crippen LogP contribution in [-0.4, -0.2) is 33.5 Å². The topological polar surface area (TPSA) is 77.8 Å². The first-order valence-corrected chi connectivity index (χ1v) is 9.77. The molecule has 4 aliphatic rings. The summed E-state index contributed by atoms with van der Waals surface area (Å²) in [5, 5.41) is 30.6. The molecular formula is C20H32O4. The van der Waals surface area contributed by atoms with E-state index >= 15 is 0 Å². The van der Waals surface area contributed by atoms with Crippen molar-refractivity contribution in [1.82, 2.24) is 0 Å². The summed E-state index contributed by atoms with van der Waals surface area (Å²) in [6, 6.07) is 0. The first-order chi connectivity index (χ1) is 11.2. The highest BCUT2D eigenvalue weighted by Gasteiger charge is 2.68. The summed E-state index contributed by atoms with van der Waals surface area (Å²) < 4.78 is 0. The monoisotopic (exact) mass is 336 g/mol. The number of carboxylic acid groups (broad SMARTS) is 1. The second-order valence-electron chi connectivity index (χ2n) is 10.0. The Morgan fingerprint density at radius 3 is 2.50 bits per heavy atom. The van der Waals surface area contributed by atoms with E-state index in [1.54, 1.807) is 0 Å². The number of aliphatic hydroxyl groups is 2. The van der Waals surface area contributed by atoms with E-state index in [-0.39, 0.29) is 29.3 Å². The lowest BCUT2D eigenvalue weighted by atomic mass is 9.41. The quantitative estimate of drug-likeness (QED) is 0.723. The normalized spacial score (nSPS) is 56.4. The van der Waals surface area contributed by atoms with Crippen LogP contribution >= 0.6 is 0 Å². The van der Waals surface area contributed by atoms with Gasteiger partial charge in [0, 0.05) is 0 Å². The van der Waals surface area contributed by atoms with Gasteiger partial charge in [-0.05, 0) is 86.9 Å². The van der Waals surface area contributed by atoms with Crippen LogP contribution in [0.1, 0.15) is 71.6 Å². The van der Waals surface area contributed by atoms with Gasteiger partial charge in [0.05, 0.1) is 17.6 Å². The van der Waals surface area contributed by atoms with Gasteiger partial charge in [-0.2, -0.15) is 0 Å². The Morgan fingerprint density at radius 2 is 1.83 bits per heavy atom. The fourth-order valence-corrected chi connectivity index (χ4v) is 8.06. The maximum atomic E-state index is 12.1. The summed E-state index contributed by atoms with van der Waals surface area (Å²) in [7, 11) is 0. The van der Waals surface area contributed by atoms with Crippen LogP contribution in [0, 0.1) is 34.0 Å². The molecule has 24 heavy (non-hydrogen) atoms. The van der Waals surface area contributed by atoms with Crippen molar-refractivity contribution in [1.29, 1.82) is 0 Å². The van der Waals surface area contributed by atoms with Gasteiger partial charge >= 0.3 is 5.97 Å². The molecule has 7 atom stereocenters. The van der Waals surface area contributed by atoms with E-state index in [0.717, 1.165) is 57.8 Å². The van der Waals surface area contributed by atoms with Gasteiger partial charge in [0.25, 0.3) is 0 Å². The summed E-state index contributed by atoms with van der Waals surface area (Å²) in [4.78, 5) is 12.1. The van der Waals surface area contributed by atoms with Gasteiger partial charge in [0.2, 0.25) is 0 Å². The zero-order valence-corrected chi connectivity index (χ0v) is 15.1. The number of carboxylic acids is 1. The van der Waals surface area contributed by atoms with Crippen LogP contribution in [0.4, 0.5) is 0 Å². The molecule has 0 aromatic rings. The van der Waals surface area contributed by atoms with Gasteiger partial charge in [-0.15, -0.1) is 0 Å². The van der Waals surface area contributed by atoms with Crippen molar-refractivity contribution >= 4 is 5.97 Å². The molecule has 0 radical (unpaired) electrons. The molecule has 0 saturated heterocycles. The minimum Gasteiger partial charge on any atom is -0.481 e. The summed E-state index contributed by atoms with van der Waals surface area (Å²) >= 11 is 0. The Kier molecular flexibility index (Phi) is 3.49. The standard InChI is InChI=1S/C20H32O4/c1-17-7-3-8-18(2,16(22)23)14(17)6-9-19-10-13(4-5-15(17)19)20(24,11-19)12-21/h13-15,21,24H,3-12H2,1-2H3,(H,22,23)/t13-,14-,15+,17+,18-,19+,20+/m1/s1. The Labute approximate surface area is 144 Å². The molecule has 0 aliphatic heterocycles. The van der Waals surface area contributed by atoms with Crippen molar-refractivity contribution in [3.8, 4) is 0 Å². The second kappa shape index (κ2) is 4.97. The highest BCUT2D eigenvalue weighted by atomic mass is 16.4. The third-order valence-corrected chi connectivity index (χ3v) is 9.08. The molecule has 4 fully saturated rings. The van der Waals surface area contributed by atoms with Crippen molar-refractivity contribution in [3.05, 3.63) is 0 Å². The summed E-state index contributed by atoms with van der Waals surface area (Å²) in [5.74, 6) is 0.348. The molecule has 4 heteroatoms. The fraction of sp³-hybridized carbons (Fsp3) is 0.950. The van der Waals surface area contributed by atoms with Gasteiger partial charge in [0.15, 0.2) is 0 Å². The first-order valence-electron chi connectivity index (χ1n) is 9.77. The van der Waals surface area contributed by atoms with E-state index in [9.17, 15) is 20.1 Å². The Bertz CT molecular complexity index is 562. The molecule has 2 bridgehead atoms. The van der Waals surface area contributed by atoms with Gasteiger partial charge < -0.3 is 15.3 Å². The highest BCUT2D eigenvalue weighted by molar-refractivity contribution is 5.75. The average Bonchev–Trinajstić information content (AvgIpc) is 2.73. The Balaban J connectivity index is 1.73. The maximum absolute atomic E-state index is 12.1. The van der Waals surface area contributed by atoms with Crippen molar-refractivity contribution in [2.75, 3.05) is 6.61 Å². The molecule has 0 aromatic carbocycles. The first kappa shape index (κ1) is 16.8. The smallest absolute Gasteiger partial charge is 0.309 e. The van der Waals surface area contributed by atoms with Crippen LogP contribution in [0.25, 0.3) is 0 Å². The average molecular weight is 336 g/mol. The molecule has 0 aromatic heterocycles. The van der Waals surface area contributed by atoms with Crippen LogP contribution in [0.3, 0.4) is 0 Å². The van der Waals surface area contributed by atoms with E-state index in [2.05, 4.69) is 6.92 Å². The van der Waals surface area contributed by atoms with Crippen molar-refractivity contribution in [2.24, 2.45) is 34.0 Å². The molecule has 4 aliphatic carbocycles.